The minimum absolute atomic E-state index is 0.143. The van der Waals surface area contributed by atoms with Gasteiger partial charge in [-0.25, -0.2) is 15.2 Å². The Balaban J connectivity index is 1.62. The highest BCUT2D eigenvalue weighted by Crippen LogP contribution is 2.33. The van der Waals surface area contributed by atoms with Crippen molar-refractivity contribution in [1.82, 2.24) is 32.1 Å². The molecule has 2 aliphatic heterocycles. The Hall–Kier alpha value is -1.06. The number of hydrogen-bond acceptors (Lipinski definition) is 6. The summed E-state index contributed by atoms with van der Waals surface area (Å²) in [5.74, 6) is 0.659. The highest BCUT2D eigenvalue weighted by Gasteiger charge is 2.40. The molecule has 1 saturated carbocycles. The Labute approximate surface area is 149 Å². The van der Waals surface area contributed by atoms with Crippen molar-refractivity contribution in [3.05, 3.63) is 12.7 Å². The van der Waals surface area contributed by atoms with E-state index in [4.69, 9.17) is 0 Å². The summed E-state index contributed by atoms with van der Waals surface area (Å²) in [5, 5.41) is 8.61. The Morgan fingerprint density at radius 2 is 2.12 bits per heavy atom. The van der Waals surface area contributed by atoms with Gasteiger partial charge >= 0.3 is 0 Å². The SMILES string of the molecule is C=CC(=O)NCC1CNC(C2CCC(F)CC2)CC1N1NNC(C)N1. The number of nitrogens with one attached hydrogen (secondary N) is 5. The van der Waals surface area contributed by atoms with Crippen LogP contribution < -0.4 is 27.0 Å². The zero-order chi connectivity index (χ0) is 17.8. The predicted octanol–water partition coefficient (Wildman–Crippen LogP) is 0.339. The zero-order valence-corrected chi connectivity index (χ0v) is 14.9. The van der Waals surface area contributed by atoms with Gasteiger partial charge in [0.25, 0.3) is 0 Å². The van der Waals surface area contributed by atoms with E-state index < -0.39 is 6.17 Å². The summed E-state index contributed by atoms with van der Waals surface area (Å²) in [4.78, 5) is 11.5. The van der Waals surface area contributed by atoms with Crippen molar-refractivity contribution in [1.29, 1.82) is 0 Å². The Kier molecular flexibility index (Phi) is 6.40. The van der Waals surface area contributed by atoms with E-state index in [-0.39, 0.29) is 24.0 Å². The van der Waals surface area contributed by atoms with Gasteiger partial charge in [-0.15, -0.1) is 0 Å². The first kappa shape index (κ1) is 18.7. The quantitative estimate of drug-likeness (QED) is 0.458. The maximum atomic E-state index is 13.5. The summed E-state index contributed by atoms with van der Waals surface area (Å²) in [7, 11) is 0. The van der Waals surface area contributed by atoms with Crippen molar-refractivity contribution < 1.29 is 9.18 Å². The van der Waals surface area contributed by atoms with E-state index in [0.29, 0.717) is 31.3 Å². The molecule has 1 aliphatic carbocycles. The molecule has 4 atom stereocenters. The summed E-state index contributed by atoms with van der Waals surface area (Å²) < 4.78 is 13.5. The second-order valence-corrected chi connectivity index (χ2v) is 7.52. The molecular formula is C17H31FN6O. The van der Waals surface area contributed by atoms with E-state index in [0.717, 1.165) is 25.8 Å². The van der Waals surface area contributed by atoms with Gasteiger partial charge in [0, 0.05) is 31.1 Å². The van der Waals surface area contributed by atoms with Crippen LogP contribution in [0.5, 0.6) is 0 Å². The molecule has 142 valence electrons. The van der Waals surface area contributed by atoms with E-state index in [2.05, 4.69) is 33.6 Å². The zero-order valence-electron chi connectivity index (χ0n) is 14.9. The van der Waals surface area contributed by atoms with Gasteiger partial charge in [0.2, 0.25) is 5.91 Å². The third-order valence-corrected chi connectivity index (χ3v) is 5.74. The lowest BCUT2D eigenvalue weighted by Gasteiger charge is -2.44. The largest absolute Gasteiger partial charge is 0.352 e. The third kappa shape index (κ3) is 4.77. The van der Waals surface area contributed by atoms with E-state index in [1.807, 2.05) is 12.0 Å². The summed E-state index contributed by atoms with van der Waals surface area (Å²) in [6, 6.07) is 0.625. The molecule has 7 nitrogen and oxygen atoms in total. The van der Waals surface area contributed by atoms with Crippen LogP contribution >= 0.6 is 0 Å². The maximum absolute atomic E-state index is 13.5. The van der Waals surface area contributed by atoms with Crippen molar-refractivity contribution in [2.75, 3.05) is 13.1 Å². The second-order valence-electron chi connectivity index (χ2n) is 7.52. The average Bonchev–Trinajstić information content (AvgIpc) is 3.06. The van der Waals surface area contributed by atoms with Crippen LogP contribution in [0.2, 0.25) is 0 Å². The number of carbonyl (C=O) groups excluding carboxylic acids is 1. The number of rotatable bonds is 5. The summed E-state index contributed by atoms with van der Waals surface area (Å²) >= 11 is 0. The normalized spacial score (nSPS) is 39.9. The van der Waals surface area contributed by atoms with E-state index >= 15 is 0 Å². The first-order valence-electron chi connectivity index (χ1n) is 9.41. The lowest BCUT2D eigenvalue weighted by molar-refractivity contribution is -0.116. The van der Waals surface area contributed by atoms with Crippen LogP contribution in [0.3, 0.4) is 0 Å². The van der Waals surface area contributed by atoms with Crippen molar-refractivity contribution in [2.24, 2.45) is 11.8 Å². The summed E-state index contributed by atoms with van der Waals surface area (Å²) in [5.41, 5.74) is 9.72. The van der Waals surface area contributed by atoms with Crippen LogP contribution in [0.4, 0.5) is 4.39 Å². The Bertz CT molecular complexity index is 470. The van der Waals surface area contributed by atoms with Gasteiger partial charge in [-0.1, -0.05) is 6.58 Å². The number of carbonyl (C=O) groups is 1. The molecule has 3 rings (SSSR count). The van der Waals surface area contributed by atoms with Crippen molar-refractivity contribution in [2.45, 2.75) is 63.4 Å². The molecular weight excluding hydrogens is 323 g/mol. The van der Waals surface area contributed by atoms with Crippen molar-refractivity contribution in [3.8, 4) is 0 Å². The Morgan fingerprint density at radius 3 is 2.76 bits per heavy atom. The van der Waals surface area contributed by atoms with E-state index in [1.165, 1.54) is 6.08 Å². The molecule has 1 amide bonds. The average molecular weight is 354 g/mol. The van der Waals surface area contributed by atoms with Gasteiger partial charge < -0.3 is 10.6 Å². The highest BCUT2D eigenvalue weighted by molar-refractivity contribution is 5.86. The molecule has 0 bridgehead atoms. The van der Waals surface area contributed by atoms with Gasteiger partial charge in [0.05, 0.1) is 6.17 Å². The fourth-order valence-corrected chi connectivity index (χ4v) is 4.26. The van der Waals surface area contributed by atoms with Gasteiger partial charge in [0.1, 0.15) is 6.17 Å². The fraction of sp³-hybridized carbons (Fsp3) is 0.824. The fourth-order valence-electron chi connectivity index (χ4n) is 4.26. The van der Waals surface area contributed by atoms with Crippen LogP contribution in [0.1, 0.15) is 39.0 Å². The molecule has 0 radical (unpaired) electrons. The van der Waals surface area contributed by atoms with Gasteiger partial charge in [-0.2, -0.15) is 10.7 Å². The molecule has 0 aromatic carbocycles. The molecule has 2 saturated heterocycles. The second kappa shape index (κ2) is 8.55. The lowest BCUT2D eigenvalue weighted by Crippen LogP contribution is -2.62. The van der Waals surface area contributed by atoms with Crippen LogP contribution in [0, 0.1) is 11.8 Å². The van der Waals surface area contributed by atoms with Crippen LogP contribution in [0.15, 0.2) is 12.7 Å². The number of piperidine rings is 1. The summed E-state index contributed by atoms with van der Waals surface area (Å²) in [6.45, 7) is 6.98. The number of halogens is 1. The van der Waals surface area contributed by atoms with Crippen molar-refractivity contribution in [3.63, 3.8) is 0 Å². The smallest absolute Gasteiger partial charge is 0.243 e. The van der Waals surface area contributed by atoms with Gasteiger partial charge in [-0.3, -0.25) is 4.79 Å². The highest BCUT2D eigenvalue weighted by atomic mass is 19.1. The maximum Gasteiger partial charge on any atom is 0.243 e. The number of alkyl halides is 1. The third-order valence-electron chi connectivity index (χ3n) is 5.74. The van der Waals surface area contributed by atoms with Crippen LogP contribution in [-0.4, -0.2) is 48.5 Å². The first-order valence-corrected chi connectivity index (χ1v) is 9.41. The molecule has 8 heteroatoms. The molecule has 25 heavy (non-hydrogen) atoms. The van der Waals surface area contributed by atoms with Crippen LogP contribution in [-0.2, 0) is 4.79 Å². The molecule has 4 unspecified atom stereocenters. The van der Waals surface area contributed by atoms with E-state index in [9.17, 15) is 9.18 Å². The lowest BCUT2D eigenvalue weighted by atomic mass is 9.77. The Morgan fingerprint density at radius 1 is 1.36 bits per heavy atom. The minimum atomic E-state index is -0.621. The standard InChI is InChI=1S/C17H31FN6O/c1-3-17(25)20-10-13-9-19-15(12-4-6-14(18)7-5-12)8-16(13)24-22-11(2)21-23-24/h3,11-16,19,21-23H,1,4-10H2,2H3,(H,20,25). The van der Waals surface area contributed by atoms with Gasteiger partial charge in [0.15, 0.2) is 0 Å². The first-order chi connectivity index (χ1) is 12.1. The van der Waals surface area contributed by atoms with E-state index in [1.54, 1.807) is 0 Å². The number of hydrogen-bond donors (Lipinski definition) is 5. The predicted molar refractivity (Wildman–Crippen MR) is 94.5 cm³/mol. The number of hydrazine groups is 3. The topological polar surface area (TPSA) is 80.5 Å². The summed E-state index contributed by atoms with van der Waals surface area (Å²) in [6.07, 6.45) is 5.08. The molecule has 5 N–H and O–H groups in total. The monoisotopic (exact) mass is 354 g/mol. The van der Waals surface area contributed by atoms with Crippen molar-refractivity contribution >= 4 is 5.91 Å². The molecule has 2 heterocycles. The molecule has 3 fully saturated rings. The molecule has 3 aliphatic rings. The van der Waals surface area contributed by atoms with Gasteiger partial charge in [-0.05, 0) is 51.0 Å². The molecule has 0 spiro atoms. The number of amides is 1. The molecule has 0 aromatic rings. The minimum Gasteiger partial charge on any atom is -0.352 e. The molecule has 0 aromatic heterocycles. The van der Waals surface area contributed by atoms with Crippen LogP contribution in [0.25, 0.3) is 0 Å². The number of nitrogens with zero attached hydrogens (tertiary/aromatic N) is 1.